The van der Waals surface area contributed by atoms with Crippen molar-refractivity contribution in [3.05, 3.63) is 58.7 Å². The minimum Gasteiger partial charge on any atom is -0.660 e. The molecule has 1 fully saturated rings. The van der Waals surface area contributed by atoms with Gasteiger partial charge in [-0.1, -0.05) is 67.7 Å². The minimum absolute atomic E-state index is 0. The summed E-state index contributed by atoms with van der Waals surface area (Å²) in [6, 6.07) is 11.2. The van der Waals surface area contributed by atoms with E-state index >= 15 is 0 Å². The van der Waals surface area contributed by atoms with E-state index < -0.39 is 0 Å². The molecule has 2 heterocycles. The van der Waals surface area contributed by atoms with Gasteiger partial charge in [-0.05, 0) is 6.92 Å². The predicted molar refractivity (Wildman–Crippen MR) is 82.8 cm³/mol. The summed E-state index contributed by atoms with van der Waals surface area (Å²) in [5.41, 5.74) is 1.32. The van der Waals surface area contributed by atoms with Crippen LogP contribution in [0.4, 0.5) is 0 Å². The molecule has 0 radical (unpaired) electrons. The van der Waals surface area contributed by atoms with Crippen LogP contribution in [0.15, 0.2) is 42.5 Å². The van der Waals surface area contributed by atoms with Gasteiger partial charge in [-0.15, -0.1) is 31.2 Å². The van der Waals surface area contributed by atoms with Crippen molar-refractivity contribution in [1.29, 1.82) is 0 Å². The number of piperidine rings is 1. The van der Waals surface area contributed by atoms with Crippen LogP contribution in [0.1, 0.15) is 31.2 Å². The summed E-state index contributed by atoms with van der Waals surface area (Å²) < 4.78 is 0. The summed E-state index contributed by atoms with van der Waals surface area (Å²) in [6.07, 6.45) is 9.49. The number of rotatable bonds is 1. The molecule has 0 saturated carbocycles. The van der Waals surface area contributed by atoms with Crippen molar-refractivity contribution in [3.63, 3.8) is 0 Å². The fourth-order valence-corrected chi connectivity index (χ4v) is 2.47. The van der Waals surface area contributed by atoms with Crippen molar-refractivity contribution in [2.75, 3.05) is 13.1 Å². The molecular formula is C17H24FeN2-2. The monoisotopic (exact) mass is 312 g/mol. The van der Waals surface area contributed by atoms with E-state index in [9.17, 15) is 0 Å². The van der Waals surface area contributed by atoms with E-state index in [-0.39, 0.29) is 17.1 Å². The van der Waals surface area contributed by atoms with Crippen LogP contribution in [0.3, 0.4) is 0 Å². The predicted octanol–water partition coefficient (Wildman–Crippen LogP) is 4.61. The van der Waals surface area contributed by atoms with Gasteiger partial charge in [0, 0.05) is 17.1 Å². The van der Waals surface area contributed by atoms with Crippen LogP contribution >= 0.6 is 0 Å². The van der Waals surface area contributed by atoms with Gasteiger partial charge in [0.1, 0.15) is 0 Å². The molecule has 1 aromatic carbocycles. The minimum atomic E-state index is 0. The molecule has 0 aromatic heterocycles. The molecule has 3 rings (SSSR count). The average molecular weight is 312 g/mol. The molecule has 0 aliphatic carbocycles. The van der Waals surface area contributed by atoms with Crippen LogP contribution in [-0.2, 0) is 17.1 Å². The first-order valence-electron chi connectivity index (χ1n) is 7.38. The molecule has 0 bridgehead atoms. The van der Waals surface area contributed by atoms with Crippen LogP contribution in [-0.4, -0.2) is 25.2 Å². The Labute approximate surface area is 133 Å². The molecule has 0 N–H and O–H groups in total. The molecule has 0 amide bonds. The van der Waals surface area contributed by atoms with Crippen molar-refractivity contribution < 1.29 is 17.1 Å². The molecule has 2 atom stereocenters. The zero-order valence-corrected chi connectivity index (χ0v) is 13.3. The summed E-state index contributed by atoms with van der Waals surface area (Å²) in [5, 5.41) is 9.18. The third kappa shape index (κ3) is 6.23. The van der Waals surface area contributed by atoms with Crippen LogP contribution in [0.5, 0.6) is 0 Å². The number of nitrogens with zero attached hydrogens (tertiary/aromatic N) is 2. The van der Waals surface area contributed by atoms with Gasteiger partial charge in [-0.2, -0.15) is 0 Å². The van der Waals surface area contributed by atoms with E-state index in [4.69, 9.17) is 0 Å². The molecule has 1 aromatic rings. The second kappa shape index (κ2) is 10.2. The van der Waals surface area contributed by atoms with Gasteiger partial charge in [-0.3, -0.25) is 0 Å². The SMILES string of the molecule is C1=CC(C2CCCC[N-]2)[N-]CC1.Cc1ccccc1.[Fe]. The first-order chi connectivity index (χ1) is 9.36. The standard InChI is InChI=1S/C10H16N2.C7H8.Fe/c1-3-7-11-9(5-1)10-6-2-4-8-12-10;1-7-5-3-2-4-6-7;/h1,5,9-10H,2-4,6-8H2;2-6H,1H3;/q-2;;. The van der Waals surface area contributed by atoms with Crippen molar-refractivity contribution in [3.8, 4) is 0 Å². The second-order valence-corrected chi connectivity index (χ2v) is 5.24. The molecular weight excluding hydrogens is 288 g/mol. The van der Waals surface area contributed by atoms with Crippen molar-refractivity contribution in [1.82, 2.24) is 0 Å². The largest absolute Gasteiger partial charge is 0.660 e. The van der Waals surface area contributed by atoms with E-state index in [0.717, 1.165) is 19.5 Å². The Balaban J connectivity index is 0.000000216. The molecule has 2 aliphatic heterocycles. The fraction of sp³-hybridized carbons (Fsp3) is 0.529. The molecule has 0 spiro atoms. The molecule has 112 valence electrons. The zero-order valence-electron chi connectivity index (χ0n) is 12.2. The quantitative estimate of drug-likeness (QED) is 0.535. The van der Waals surface area contributed by atoms with Crippen molar-refractivity contribution >= 4 is 0 Å². The number of hydrogen-bond acceptors (Lipinski definition) is 0. The van der Waals surface area contributed by atoms with E-state index in [1.165, 1.54) is 24.8 Å². The first-order valence-corrected chi connectivity index (χ1v) is 7.38. The Bertz CT molecular complexity index is 372. The van der Waals surface area contributed by atoms with E-state index in [0.29, 0.717) is 12.1 Å². The zero-order chi connectivity index (χ0) is 13.3. The van der Waals surface area contributed by atoms with Gasteiger partial charge in [0.25, 0.3) is 0 Å². The van der Waals surface area contributed by atoms with Crippen LogP contribution in [0.2, 0.25) is 0 Å². The molecule has 2 aliphatic rings. The second-order valence-electron chi connectivity index (χ2n) is 5.24. The Kier molecular flexibility index (Phi) is 8.88. The Morgan fingerprint density at radius 3 is 2.30 bits per heavy atom. The van der Waals surface area contributed by atoms with Crippen molar-refractivity contribution in [2.24, 2.45) is 0 Å². The topological polar surface area (TPSA) is 28.2 Å². The molecule has 20 heavy (non-hydrogen) atoms. The van der Waals surface area contributed by atoms with Gasteiger partial charge in [0.2, 0.25) is 0 Å². The molecule has 2 unspecified atom stereocenters. The van der Waals surface area contributed by atoms with Crippen LogP contribution in [0, 0.1) is 6.92 Å². The van der Waals surface area contributed by atoms with Crippen LogP contribution < -0.4 is 0 Å². The summed E-state index contributed by atoms with van der Waals surface area (Å²) >= 11 is 0. The maximum Gasteiger partial charge on any atom is 0 e. The summed E-state index contributed by atoms with van der Waals surface area (Å²) in [6.45, 7) is 4.15. The maximum atomic E-state index is 4.61. The Morgan fingerprint density at radius 1 is 1.00 bits per heavy atom. The smallest absolute Gasteiger partial charge is 0 e. The molecule has 1 saturated heterocycles. The Hall–Kier alpha value is -0.601. The summed E-state index contributed by atoms with van der Waals surface area (Å²) in [7, 11) is 0. The summed E-state index contributed by atoms with van der Waals surface area (Å²) in [5.74, 6) is 0. The van der Waals surface area contributed by atoms with Gasteiger partial charge in [0.15, 0.2) is 0 Å². The number of benzene rings is 1. The van der Waals surface area contributed by atoms with E-state index in [1.807, 2.05) is 18.2 Å². The van der Waals surface area contributed by atoms with Gasteiger partial charge in [0.05, 0.1) is 0 Å². The maximum absolute atomic E-state index is 4.61. The Morgan fingerprint density at radius 2 is 1.80 bits per heavy atom. The average Bonchev–Trinajstić information content (AvgIpc) is 2.51. The fourth-order valence-electron chi connectivity index (χ4n) is 2.47. The number of hydrogen-bond donors (Lipinski definition) is 0. The third-order valence-corrected chi connectivity index (χ3v) is 3.58. The van der Waals surface area contributed by atoms with Gasteiger partial charge in [-0.25, -0.2) is 0 Å². The normalized spacial score (nSPS) is 25.1. The van der Waals surface area contributed by atoms with Crippen LogP contribution in [0.25, 0.3) is 10.6 Å². The van der Waals surface area contributed by atoms with Crippen molar-refractivity contribution in [2.45, 2.75) is 44.7 Å². The third-order valence-electron chi connectivity index (χ3n) is 3.58. The first kappa shape index (κ1) is 17.5. The van der Waals surface area contributed by atoms with Gasteiger partial charge >= 0.3 is 0 Å². The van der Waals surface area contributed by atoms with E-state index in [1.54, 1.807) is 0 Å². The summed E-state index contributed by atoms with van der Waals surface area (Å²) in [4.78, 5) is 0. The molecule has 2 nitrogen and oxygen atoms in total. The molecule has 3 heteroatoms. The van der Waals surface area contributed by atoms with E-state index in [2.05, 4.69) is 41.8 Å². The number of aryl methyl sites for hydroxylation is 1. The van der Waals surface area contributed by atoms with Gasteiger partial charge < -0.3 is 10.6 Å².